The summed E-state index contributed by atoms with van der Waals surface area (Å²) in [6, 6.07) is 4.66. The minimum atomic E-state index is -1.39. The number of hydrogen-bond donors (Lipinski definition) is 4. The van der Waals surface area contributed by atoms with Crippen molar-refractivity contribution in [2.24, 2.45) is 0 Å². The number of carbonyl (C=O) groups excluding carboxylic acids is 1. The Balaban J connectivity index is 1.37. The van der Waals surface area contributed by atoms with Gasteiger partial charge in [0.1, 0.15) is 12.3 Å². The second-order valence-electron chi connectivity index (χ2n) is 6.58. The number of carboxylic acids is 1. The van der Waals surface area contributed by atoms with Gasteiger partial charge < -0.3 is 25.8 Å². The third-order valence-corrected chi connectivity index (χ3v) is 5.10. The largest absolute Gasteiger partial charge is 0.547 e. The number of para-hydroxylation sites is 1. The Bertz CT molecular complexity index is 1100. The third-order valence-electron chi connectivity index (χ3n) is 4.38. The number of nitrogen functional groups attached to an aromatic ring is 1. The number of nitrogens with two attached hydrogens (primary N) is 1. The minimum absolute atomic E-state index is 0.0426. The fraction of sp³-hybridized carbons (Fsp3) is 0.250. The predicted molar refractivity (Wildman–Crippen MR) is 105 cm³/mol. The van der Waals surface area contributed by atoms with Crippen LogP contribution in [-0.2, 0) is 24.2 Å². The molecule has 0 radical (unpaired) electrons. The first-order valence-corrected chi connectivity index (χ1v) is 9.73. The molecule has 14 heteroatoms. The molecule has 4 rings (SSSR count). The van der Waals surface area contributed by atoms with Gasteiger partial charge in [-0.15, -0.1) is 21.5 Å². The van der Waals surface area contributed by atoms with Crippen LogP contribution < -0.4 is 15.7 Å². The summed E-state index contributed by atoms with van der Waals surface area (Å²) in [6.07, 6.45) is 0.0686. The molecule has 0 fully saturated rings. The monoisotopic (exact) mass is 429 g/mol. The standard InChI is InChI=1S/C16H16BN7O5S/c18-16-19-9(7-30-16)6-24-22-12(21-23-24)5-13(25)20-11-4-8-2-1-3-10(15(26)27)14(8)29-17(11)28/h1-3,7,11,28H,4-6H2,(H2,18,19)(H,20,25)(H,26,27)/t11-/m0/s1. The minimum Gasteiger partial charge on any atom is -0.534 e. The van der Waals surface area contributed by atoms with E-state index in [9.17, 15) is 19.7 Å². The Kier molecular flexibility index (Phi) is 5.33. The lowest BCUT2D eigenvalue weighted by molar-refractivity contribution is -0.121. The topological polar surface area (TPSA) is 178 Å². The van der Waals surface area contributed by atoms with Crippen LogP contribution in [0.2, 0.25) is 0 Å². The zero-order chi connectivity index (χ0) is 21.3. The molecule has 5 N–H and O–H groups in total. The number of thiazole rings is 1. The maximum Gasteiger partial charge on any atom is 0.547 e. The van der Waals surface area contributed by atoms with E-state index in [1.807, 2.05) is 0 Å². The molecule has 3 heterocycles. The van der Waals surface area contributed by atoms with Crippen molar-refractivity contribution in [3.05, 3.63) is 46.2 Å². The van der Waals surface area contributed by atoms with Crippen molar-refractivity contribution in [1.82, 2.24) is 30.5 Å². The van der Waals surface area contributed by atoms with Gasteiger partial charge in [-0.25, -0.2) is 9.78 Å². The van der Waals surface area contributed by atoms with Crippen LogP contribution in [-0.4, -0.2) is 60.3 Å². The Morgan fingerprint density at radius 2 is 2.27 bits per heavy atom. The summed E-state index contributed by atoms with van der Waals surface area (Å²) in [6.45, 7) is 0.278. The number of carboxylic acid groups (broad SMARTS) is 1. The first-order valence-electron chi connectivity index (χ1n) is 8.85. The molecule has 12 nitrogen and oxygen atoms in total. The van der Waals surface area contributed by atoms with E-state index in [-0.39, 0.29) is 36.5 Å². The second-order valence-corrected chi connectivity index (χ2v) is 7.47. The lowest BCUT2D eigenvalue weighted by Crippen LogP contribution is -2.53. The average molecular weight is 429 g/mol. The lowest BCUT2D eigenvalue weighted by Gasteiger charge is -2.28. The van der Waals surface area contributed by atoms with E-state index in [1.54, 1.807) is 17.5 Å². The molecule has 1 amide bonds. The highest BCUT2D eigenvalue weighted by molar-refractivity contribution is 7.13. The molecule has 1 aliphatic rings. The zero-order valence-corrected chi connectivity index (χ0v) is 16.2. The molecule has 0 bridgehead atoms. The van der Waals surface area contributed by atoms with Crippen molar-refractivity contribution in [1.29, 1.82) is 0 Å². The molecular weight excluding hydrogens is 413 g/mol. The van der Waals surface area contributed by atoms with Gasteiger partial charge in [0.05, 0.1) is 23.6 Å². The summed E-state index contributed by atoms with van der Waals surface area (Å²) in [4.78, 5) is 29.1. The van der Waals surface area contributed by atoms with E-state index in [0.29, 0.717) is 16.4 Å². The van der Waals surface area contributed by atoms with Crippen molar-refractivity contribution in [3.63, 3.8) is 0 Å². The van der Waals surface area contributed by atoms with Crippen LogP contribution in [0.1, 0.15) is 27.4 Å². The normalized spacial score (nSPS) is 15.4. The molecule has 1 atom stereocenters. The Morgan fingerprint density at radius 1 is 1.43 bits per heavy atom. The van der Waals surface area contributed by atoms with Crippen LogP contribution in [0.25, 0.3) is 0 Å². The van der Waals surface area contributed by atoms with Gasteiger partial charge in [0.2, 0.25) is 5.91 Å². The van der Waals surface area contributed by atoms with Crippen LogP contribution in [0.5, 0.6) is 5.75 Å². The van der Waals surface area contributed by atoms with Gasteiger partial charge in [-0.05, 0) is 23.3 Å². The number of aromatic carboxylic acids is 1. The van der Waals surface area contributed by atoms with Gasteiger partial charge >= 0.3 is 13.1 Å². The van der Waals surface area contributed by atoms with Crippen LogP contribution in [0.3, 0.4) is 0 Å². The second kappa shape index (κ2) is 8.08. The van der Waals surface area contributed by atoms with Gasteiger partial charge in [0.25, 0.3) is 0 Å². The third kappa shape index (κ3) is 4.23. The van der Waals surface area contributed by atoms with Gasteiger partial charge in [-0.1, -0.05) is 12.1 Å². The first-order chi connectivity index (χ1) is 14.4. The van der Waals surface area contributed by atoms with Crippen LogP contribution in [0.15, 0.2) is 23.6 Å². The molecule has 0 aliphatic carbocycles. The number of rotatable bonds is 6. The molecule has 154 valence electrons. The number of benzene rings is 1. The van der Waals surface area contributed by atoms with E-state index >= 15 is 0 Å². The highest BCUT2D eigenvalue weighted by Gasteiger charge is 2.37. The van der Waals surface area contributed by atoms with Gasteiger partial charge in [0, 0.05) is 5.38 Å². The number of fused-ring (bicyclic) bond motifs is 1. The van der Waals surface area contributed by atoms with Crippen molar-refractivity contribution in [2.45, 2.75) is 25.3 Å². The zero-order valence-electron chi connectivity index (χ0n) is 15.4. The number of carbonyl (C=O) groups is 2. The number of nitrogens with one attached hydrogen (secondary N) is 1. The summed E-state index contributed by atoms with van der Waals surface area (Å²) in [5.74, 6) is -2.03. The van der Waals surface area contributed by atoms with E-state index < -0.39 is 24.9 Å². The van der Waals surface area contributed by atoms with E-state index in [0.717, 1.165) is 0 Å². The van der Waals surface area contributed by atoms with E-state index in [1.165, 1.54) is 22.2 Å². The van der Waals surface area contributed by atoms with Crippen molar-refractivity contribution in [3.8, 4) is 5.75 Å². The summed E-state index contributed by atoms with van der Waals surface area (Å²) in [7, 11) is -1.39. The van der Waals surface area contributed by atoms with Crippen molar-refractivity contribution < 1.29 is 24.4 Å². The molecule has 0 saturated carbocycles. The highest BCUT2D eigenvalue weighted by Crippen LogP contribution is 2.30. The molecule has 30 heavy (non-hydrogen) atoms. The molecule has 2 aromatic heterocycles. The number of nitrogens with zero attached hydrogens (tertiary/aromatic N) is 5. The maximum absolute atomic E-state index is 12.4. The fourth-order valence-corrected chi connectivity index (χ4v) is 3.63. The fourth-order valence-electron chi connectivity index (χ4n) is 3.07. The molecule has 0 unspecified atom stereocenters. The van der Waals surface area contributed by atoms with Gasteiger partial charge in [-0.2, -0.15) is 4.80 Å². The predicted octanol–water partition coefficient (Wildman–Crippen LogP) is -0.860. The number of aromatic nitrogens is 5. The quantitative estimate of drug-likeness (QED) is 0.360. The van der Waals surface area contributed by atoms with E-state index in [4.69, 9.17) is 10.4 Å². The average Bonchev–Trinajstić information content (AvgIpc) is 3.30. The summed E-state index contributed by atoms with van der Waals surface area (Å²) < 4.78 is 5.36. The van der Waals surface area contributed by atoms with Crippen molar-refractivity contribution in [2.75, 3.05) is 5.73 Å². The summed E-state index contributed by atoms with van der Waals surface area (Å²) in [5.41, 5.74) is 6.81. The van der Waals surface area contributed by atoms with Gasteiger partial charge in [-0.3, -0.25) is 4.79 Å². The summed E-state index contributed by atoms with van der Waals surface area (Å²) in [5, 5.41) is 36.2. The van der Waals surface area contributed by atoms with Crippen molar-refractivity contribution >= 4 is 35.5 Å². The number of amides is 1. The smallest absolute Gasteiger partial charge is 0.534 e. The van der Waals surface area contributed by atoms with Crippen LogP contribution >= 0.6 is 11.3 Å². The number of hydrogen-bond acceptors (Lipinski definition) is 10. The summed E-state index contributed by atoms with van der Waals surface area (Å²) >= 11 is 1.30. The Hall–Kier alpha value is -3.52. The Labute approximate surface area is 173 Å². The maximum atomic E-state index is 12.4. The number of tetrazole rings is 1. The lowest BCUT2D eigenvalue weighted by atomic mass is 9.72. The SMILES string of the molecule is Nc1nc(Cn2nnc(CC(=O)N[C@H]3Cc4cccc(C(=O)O)c4OB3O)n2)cs1. The molecule has 1 aliphatic heterocycles. The van der Waals surface area contributed by atoms with Gasteiger partial charge in [0.15, 0.2) is 11.0 Å². The highest BCUT2D eigenvalue weighted by atomic mass is 32.1. The van der Waals surface area contributed by atoms with Crippen LogP contribution in [0.4, 0.5) is 5.13 Å². The first kappa shape index (κ1) is 19.8. The molecule has 3 aromatic rings. The van der Waals surface area contributed by atoms with Crippen LogP contribution in [0, 0.1) is 0 Å². The van der Waals surface area contributed by atoms with E-state index in [2.05, 4.69) is 25.7 Å². The Morgan fingerprint density at radius 3 is 3.00 bits per heavy atom. The molecule has 1 aromatic carbocycles. The number of anilines is 1. The molecular formula is C16H16BN7O5S. The molecule has 0 spiro atoms. The molecule has 0 saturated heterocycles.